The van der Waals surface area contributed by atoms with Gasteiger partial charge in [0, 0.05) is 0 Å². The first-order valence-corrected chi connectivity index (χ1v) is 32.8. The van der Waals surface area contributed by atoms with E-state index in [9.17, 15) is 0 Å². The van der Waals surface area contributed by atoms with E-state index in [0.29, 0.717) is 0 Å². The first-order chi connectivity index (χ1) is 16.6. The molecule has 0 aromatic heterocycles. The Bertz CT molecular complexity index is 786. The molecule has 1 aromatic rings. The molecule has 2 rings (SSSR count). The molecule has 0 amide bonds. The van der Waals surface area contributed by atoms with E-state index in [0.717, 1.165) is 0 Å². The predicted octanol–water partition coefficient (Wildman–Crippen LogP) is 9.24. The normalized spacial score (nSPS) is 19.9. The van der Waals surface area contributed by atoms with Crippen molar-refractivity contribution in [3.63, 3.8) is 0 Å². The molecule has 0 N–H and O–H groups in total. The average Bonchev–Trinajstić information content (AvgIpc) is 3.00. The minimum absolute atomic E-state index is 0.0502. The fourth-order valence-corrected chi connectivity index (χ4v) is 91.2. The van der Waals surface area contributed by atoms with Crippen LogP contribution in [0.4, 0.5) is 0 Å². The fraction of sp³-hybridized carbons (Fsp3) is 0.800. The zero-order chi connectivity index (χ0) is 27.5. The summed E-state index contributed by atoms with van der Waals surface area (Å²) < 4.78 is 19.5. The number of benzene rings is 1. The molecule has 1 aromatic carbocycles. The first kappa shape index (κ1) is 33.0. The van der Waals surface area contributed by atoms with Crippen molar-refractivity contribution < 1.29 is 9.31 Å². The zero-order valence-corrected chi connectivity index (χ0v) is 32.1. The average molecular weight is 682 g/mol. The maximum atomic E-state index is 7.32. The van der Waals surface area contributed by atoms with Crippen molar-refractivity contribution in [3.05, 3.63) is 30.3 Å². The van der Waals surface area contributed by atoms with E-state index in [-0.39, 0.29) is 20.1 Å². The van der Waals surface area contributed by atoms with Gasteiger partial charge in [-0.2, -0.15) is 0 Å². The monoisotopic (exact) mass is 684 g/mol. The number of hydrogen-bond acceptors (Lipinski definition) is 2. The third-order valence-corrected chi connectivity index (χ3v) is 71.6. The Morgan fingerprint density at radius 3 is 1.50 bits per heavy atom. The summed E-state index contributed by atoms with van der Waals surface area (Å²) in [5.74, 6) is 8.24. The summed E-state index contributed by atoms with van der Waals surface area (Å²) in [5, 5.41) is 1.63. The third-order valence-electron chi connectivity index (χ3n) is 10.1. The van der Waals surface area contributed by atoms with Crippen LogP contribution in [-0.2, 0) is 9.31 Å². The molecule has 206 valence electrons. The van der Waals surface area contributed by atoms with Crippen LogP contribution in [-0.4, -0.2) is 58.0 Å². The molecule has 1 aliphatic rings. The molecule has 1 heterocycles. The van der Waals surface area contributed by atoms with Crippen molar-refractivity contribution in [2.24, 2.45) is 0 Å². The van der Waals surface area contributed by atoms with Gasteiger partial charge in [0.1, 0.15) is 0 Å². The van der Waals surface area contributed by atoms with E-state index in [2.05, 4.69) is 109 Å². The second-order valence-corrected chi connectivity index (χ2v) is 49.3. The van der Waals surface area contributed by atoms with Crippen molar-refractivity contribution in [2.75, 3.05) is 0 Å². The van der Waals surface area contributed by atoms with Gasteiger partial charge >= 0.3 is 235 Å². The number of hydrogen-bond donors (Lipinski definition) is 0. The van der Waals surface area contributed by atoms with Crippen LogP contribution in [0.25, 0.3) is 0 Å². The van der Waals surface area contributed by atoms with Crippen LogP contribution in [0.15, 0.2) is 30.3 Å². The van der Waals surface area contributed by atoms with Crippen molar-refractivity contribution in [3.8, 4) is 0 Å². The van der Waals surface area contributed by atoms with E-state index in [1.165, 1.54) is 51.8 Å². The van der Waals surface area contributed by atoms with Gasteiger partial charge in [0.2, 0.25) is 0 Å². The maximum absolute atomic E-state index is 7.32. The Hall–Kier alpha value is 0.763. The van der Waals surface area contributed by atoms with Crippen LogP contribution < -0.4 is 5.19 Å². The van der Waals surface area contributed by atoms with Crippen LogP contribution in [0.2, 0.25) is 45.5 Å². The first-order valence-electron chi connectivity index (χ1n) is 15.0. The molecule has 0 bridgehead atoms. The van der Waals surface area contributed by atoms with E-state index < -0.39 is 39.7 Å². The summed E-state index contributed by atoms with van der Waals surface area (Å²) in [5.41, 5.74) is -0.565. The summed E-state index contributed by atoms with van der Waals surface area (Å²) in [6.45, 7) is 21.8. The van der Waals surface area contributed by atoms with Gasteiger partial charge in [-0.05, 0) is 0 Å². The molecule has 1 fully saturated rings. The van der Waals surface area contributed by atoms with Crippen LogP contribution in [0.3, 0.4) is 0 Å². The standard InChI is InChI=1S/C18H32BGeO2Si.3C4H9.Sn/c1-17(2)18(3,4)22-19(21-17)16(20(5,6)7)23(8,9)15-13-11-10-12-14-15;3*1-3-4-2;/h10-14H,1-9H3;3*1,3-4H2,2H3;. The van der Waals surface area contributed by atoms with E-state index in [1.54, 1.807) is 5.19 Å². The molecule has 1 unspecified atom stereocenters. The molecule has 6 heteroatoms. The SMILES string of the molecule is CCC[CH2][Sn]([CH2]CCC)([CH2]CCC)[C](B1OC(C)(C)C(C)(C)O1)([Si](C)(C)c1ccccc1)[Ge]([CH3])([CH3])[CH3]. The Kier molecular flexibility index (Phi) is 11.5. The van der Waals surface area contributed by atoms with Crippen LogP contribution in [0, 0.1) is 0 Å². The van der Waals surface area contributed by atoms with Gasteiger partial charge in [0.15, 0.2) is 0 Å². The van der Waals surface area contributed by atoms with Crippen molar-refractivity contribution in [1.82, 2.24) is 0 Å². The molecule has 1 atom stereocenters. The van der Waals surface area contributed by atoms with Gasteiger partial charge in [-0.3, -0.25) is 0 Å². The minimum atomic E-state index is -2.97. The molecule has 0 spiro atoms. The van der Waals surface area contributed by atoms with E-state index in [4.69, 9.17) is 9.31 Å². The van der Waals surface area contributed by atoms with Gasteiger partial charge in [0.25, 0.3) is 0 Å². The predicted molar refractivity (Wildman–Crippen MR) is 171 cm³/mol. The summed E-state index contributed by atoms with van der Waals surface area (Å²) in [6, 6.07) is 11.7. The molecule has 2 nitrogen and oxygen atoms in total. The summed E-state index contributed by atoms with van der Waals surface area (Å²) >= 11 is -5.47. The Morgan fingerprint density at radius 2 is 1.17 bits per heavy atom. The van der Waals surface area contributed by atoms with Crippen LogP contribution in [0.5, 0.6) is 0 Å². The Labute approximate surface area is 233 Å². The molecule has 0 saturated carbocycles. The second-order valence-electron chi connectivity index (χ2n) is 14.2. The van der Waals surface area contributed by atoms with Gasteiger partial charge in [0.05, 0.1) is 0 Å². The second kappa shape index (κ2) is 12.5. The van der Waals surface area contributed by atoms with Gasteiger partial charge in [-0.15, -0.1) is 0 Å². The van der Waals surface area contributed by atoms with Crippen LogP contribution in [0.1, 0.15) is 87.0 Å². The quantitative estimate of drug-likeness (QED) is 0.182. The Morgan fingerprint density at radius 1 is 0.778 bits per heavy atom. The molecule has 36 heavy (non-hydrogen) atoms. The van der Waals surface area contributed by atoms with E-state index in [1.807, 2.05) is 0 Å². The molecular formula is C30H59BGeO2SiSn. The zero-order valence-electron chi connectivity index (χ0n) is 26.1. The summed E-state index contributed by atoms with van der Waals surface area (Å²) in [7, 11) is -2.09. The van der Waals surface area contributed by atoms with Gasteiger partial charge in [-0.25, -0.2) is 0 Å². The van der Waals surface area contributed by atoms with Crippen molar-refractivity contribution >= 4 is 52.0 Å². The topological polar surface area (TPSA) is 18.5 Å². The van der Waals surface area contributed by atoms with E-state index >= 15 is 0 Å². The van der Waals surface area contributed by atoms with Crippen LogP contribution >= 0.6 is 0 Å². The fourth-order valence-electron chi connectivity index (χ4n) is 7.91. The molecule has 1 aliphatic heterocycles. The summed E-state index contributed by atoms with van der Waals surface area (Å²) in [4.78, 5) is 0. The summed E-state index contributed by atoms with van der Waals surface area (Å²) in [6.07, 6.45) is 8.09. The van der Waals surface area contributed by atoms with Gasteiger partial charge < -0.3 is 0 Å². The number of rotatable bonds is 14. The number of unbranched alkanes of at least 4 members (excludes halogenated alkanes) is 3. The van der Waals surface area contributed by atoms with Gasteiger partial charge in [-0.1, -0.05) is 0 Å². The molecule has 0 radical (unpaired) electrons. The van der Waals surface area contributed by atoms with Crippen molar-refractivity contribution in [1.29, 1.82) is 0 Å². The molecule has 0 aliphatic carbocycles. The van der Waals surface area contributed by atoms with Crippen molar-refractivity contribution in [2.45, 2.75) is 144 Å². The Balaban J connectivity index is 3.04. The molecule has 1 saturated heterocycles. The third kappa shape index (κ3) is 5.93. The molecular weight excluding hydrogens is 623 g/mol.